The molecule has 0 aromatic heterocycles. The third-order valence-electron chi connectivity index (χ3n) is 1.48. The number of aliphatic hydroxyl groups is 2. The molecule has 0 fully saturated rings. The van der Waals surface area contributed by atoms with Crippen molar-refractivity contribution in [3.8, 4) is 0 Å². The molecule has 0 aromatic carbocycles. The zero-order valence-electron chi connectivity index (χ0n) is 9.19. The molecule has 0 aliphatic carbocycles. The van der Waals surface area contributed by atoms with Crippen LogP contribution >= 0.6 is 15.6 Å². The largest absolute Gasteiger partial charge is 0.470 e. The van der Waals surface area contributed by atoms with Gasteiger partial charge in [-0.25, -0.2) is 9.13 Å². The number of ketones is 1. The third kappa shape index (κ3) is 11.3. The van der Waals surface area contributed by atoms with Crippen LogP contribution in [0, 0.1) is 0 Å². The van der Waals surface area contributed by atoms with Crippen molar-refractivity contribution in [2.45, 2.75) is 12.2 Å². The Labute approximate surface area is 106 Å². The van der Waals surface area contributed by atoms with Crippen molar-refractivity contribution in [2.24, 2.45) is 0 Å². The minimum absolute atomic E-state index is 0. The Morgan fingerprint density at radius 3 is 1.79 bits per heavy atom. The first-order valence-corrected chi connectivity index (χ1v) is 7.27. The Morgan fingerprint density at radius 1 is 1.00 bits per heavy atom. The van der Waals surface area contributed by atoms with Crippen molar-refractivity contribution in [2.75, 3.05) is 13.2 Å². The van der Waals surface area contributed by atoms with Crippen molar-refractivity contribution in [3.63, 3.8) is 0 Å². The van der Waals surface area contributed by atoms with E-state index >= 15 is 0 Å². The van der Waals surface area contributed by atoms with E-state index in [9.17, 15) is 13.9 Å². The standard InChI is InChI=1S/C5H12O11P2.H2O/c6-3(1-15-17(9,10)11)5(8)4(7)2-16-18(12,13)14;/h3,5-6,8H,1-2H2,(H2,9,10,11)(H2,12,13,14);1H2/t3-,5-;/m1./s1. The minimum Gasteiger partial charge on any atom is -0.412 e. The molecular formula is C5H14O12P2. The smallest absolute Gasteiger partial charge is 0.412 e. The fraction of sp³-hybridized carbons (Fsp3) is 0.800. The van der Waals surface area contributed by atoms with E-state index < -0.39 is 46.9 Å². The van der Waals surface area contributed by atoms with E-state index in [-0.39, 0.29) is 5.48 Å². The summed E-state index contributed by atoms with van der Waals surface area (Å²) in [7, 11) is -9.77. The molecule has 0 aliphatic heterocycles. The van der Waals surface area contributed by atoms with Crippen molar-refractivity contribution in [3.05, 3.63) is 0 Å². The van der Waals surface area contributed by atoms with Crippen molar-refractivity contribution < 1.29 is 58.2 Å². The molecular weight excluding hydrogens is 314 g/mol. The molecule has 0 saturated heterocycles. The number of hydrogen-bond donors (Lipinski definition) is 6. The molecule has 0 radical (unpaired) electrons. The molecule has 0 amide bonds. The van der Waals surface area contributed by atoms with Gasteiger partial charge in [-0.15, -0.1) is 0 Å². The summed E-state index contributed by atoms with van der Waals surface area (Å²) < 4.78 is 28.1. The molecule has 14 heteroatoms. The number of phosphoric ester groups is 2. The molecule has 116 valence electrons. The fourth-order valence-electron chi connectivity index (χ4n) is 0.712. The van der Waals surface area contributed by atoms with Gasteiger partial charge in [0.1, 0.15) is 18.8 Å². The average molecular weight is 328 g/mol. The van der Waals surface area contributed by atoms with Gasteiger partial charge < -0.3 is 35.3 Å². The van der Waals surface area contributed by atoms with Crippen LogP contribution in [0.15, 0.2) is 0 Å². The third-order valence-corrected chi connectivity index (χ3v) is 2.43. The van der Waals surface area contributed by atoms with Crippen LogP contribution < -0.4 is 0 Å². The average Bonchev–Trinajstić information content (AvgIpc) is 2.19. The quantitative estimate of drug-likeness (QED) is 0.242. The van der Waals surface area contributed by atoms with Gasteiger partial charge in [-0.2, -0.15) is 0 Å². The molecule has 0 aliphatic rings. The molecule has 0 bridgehead atoms. The zero-order chi connectivity index (χ0) is 14.6. The second-order valence-corrected chi connectivity index (χ2v) is 5.51. The summed E-state index contributed by atoms with van der Waals surface area (Å²) in [5.41, 5.74) is 0. The van der Waals surface area contributed by atoms with E-state index in [1.54, 1.807) is 0 Å². The van der Waals surface area contributed by atoms with Crippen molar-refractivity contribution >= 4 is 21.4 Å². The number of aliphatic hydroxyl groups excluding tert-OH is 2. The minimum atomic E-state index is -4.90. The summed E-state index contributed by atoms with van der Waals surface area (Å²) in [6, 6.07) is 0. The van der Waals surface area contributed by atoms with Crippen LogP contribution in [0.5, 0.6) is 0 Å². The van der Waals surface area contributed by atoms with E-state index in [0.717, 1.165) is 0 Å². The Bertz CT molecular complexity index is 368. The Hall–Kier alpha value is -0.230. The molecule has 0 spiro atoms. The van der Waals surface area contributed by atoms with Crippen LogP contribution in [-0.2, 0) is 23.0 Å². The van der Waals surface area contributed by atoms with Crippen LogP contribution in [0.3, 0.4) is 0 Å². The first kappa shape index (κ1) is 21.1. The molecule has 2 atom stereocenters. The van der Waals surface area contributed by atoms with Gasteiger partial charge in [0, 0.05) is 0 Å². The number of carbonyl (C=O) groups excluding carboxylic acids is 1. The molecule has 0 unspecified atom stereocenters. The lowest BCUT2D eigenvalue weighted by molar-refractivity contribution is -0.136. The molecule has 0 saturated carbocycles. The van der Waals surface area contributed by atoms with E-state index in [2.05, 4.69) is 9.05 Å². The molecule has 8 N–H and O–H groups in total. The molecule has 19 heavy (non-hydrogen) atoms. The molecule has 0 rings (SSSR count). The topological polar surface area (TPSA) is 223 Å². The van der Waals surface area contributed by atoms with E-state index in [1.165, 1.54) is 0 Å². The second kappa shape index (κ2) is 8.15. The van der Waals surface area contributed by atoms with Gasteiger partial charge >= 0.3 is 15.6 Å². The second-order valence-electron chi connectivity index (χ2n) is 3.03. The first-order chi connectivity index (χ1) is 7.92. The van der Waals surface area contributed by atoms with Gasteiger partial charge in [0.25, 0.3) is 0 Å². The number of Topliss-reactive ketones (excluding diaryl/α,β-unsaturated/α-hetero) is 1. The maximum Gasteiger partial charge on any atom is 0.470 e. The molecule has 0 heterocycles. The highest BCUT2D eigenvalue weighted by molar-refractivity contribution is 7.46. The van der Waals surface area contributed by atoms with Gasteiger partial charge in [0.15, 0.2) is 5.78 Å². The Balaban J connectivity index is 0. The van der Waals surface area contributed by atoms with Crippen LogP contribution in [0.1, 0.15) is 0 Å². The molecule has 0 aromatic rings. The predicted octanol–water partition coefficient (Wildman–Crippen LogP) is -3.33. The lowest BCUT2D eigenvalue weighted by Gasteiger charge is -2.17. The summed E-state index contributed by atoms with van der Waals surface area (Å²) in [5, 5.41) is 18.2. The number of phosphoric acid groups is 2. The fourth-order valence-corrected chi connectivity index (χ4v) is 1.35. The van der Waals surface area contributed by atoms with Gasteiger partial charge in [-0.3, -0.25) is 13.8 Å². The lowest BCUT2D eigenvalue weighted by Crippen LogP contribution is -2.38. The first-order valence-electron chi connectivity index (χ1n) is 4.21. The summed E-state index contributed by atoms with van der Waals surface area (Å²) in [4.78, 5) is 44.1. The predicted molar refractivity (Wildman–Crippen MR) is 56.6 cm³/mol. The highest BCUT2D eigenvalue weighted by Crippen LogP contribution is 2.36. The Morgan fingerprint density at radius 2 is 1.42 bits per heavy atom. The summed E-state index contributed by atoms with van der Waals surface area (Å²) in [5.74, 6) is -1.29. The maximum absolute atomic E-state index is 11.0. The lowest BCUT2D eigenvalue weighted by atomic mass is 10.1. The monoisotopic (exact) mass is 328 g/mol. The highest BCUT2D eigenvalue weighted by Gasteiger charge is 2.29. The van der Waals surface area contributed by atoms with Crippen molar-refractivity contribution in [1.82, 2.24) is 0 Å². The van der Waals surface area contributed by atoms with Crippen LogP contribution in [-0.4, -0.2) is 66.5 Å². The normalized spacial score (nSPS) is 15.5. The van der Waals surface area contributed by atoms with Crippen LogP contribution in [0.2, 0.25) is 0 Å². The van der Waals surface area contributed by atoms with Gasteiger partial charge in [-0.1, -0.05) is 0 Å². The highest BCUT2D eigenvalue weighted by atomic mass is 31.2. The number of carbonyl (C=O) groups is 1. The SMILES string of the molecule is O.O=C(COP(=O)(O)O)[C@H](O)[C@H](O)COP(=O)(O)O. The molecule has 12 nitrogen and oxygen atoms in total. The van der Waals surface area contributed by atoms with E-state index in [1.807, 2.05) is 0 Å². The summed E-state index contributed by atoms with van der Waals surface area (Å²) >= 11 is 0. The van der Waals surface area contributed by atoms with Gasteiger partial charge in [0.05, 0.1) is 6.61 Å². The van der Waals surface area contributed by atoms with Crippen LogP contribution in [0.25, 0.3) is 0 Å². The van der Waals surface area contributed by atoms with Gasteiger partial charge in [0.2, 0.25) is 0 Å². The maximum atomic E-state index is 11.0. The Kier molecular flexibility index (Phi) is 9.03. The zero-order valence-corrected chi connectivity index (χ0v) is 11.0. The summed E-state index contributed by atoms with van der Waals surface area (Å²) in [6.45, 7) is -2.23. The van der Waals surface area contributed by atoms with Gasteiger partial charge in [-0.05, 0) is 0 Å². The van der Waals surface area contributed by atoms with E-state index in [0.29, 0.717) is 0 Å². The number of rotatable bonds is 8. The van der Waals surface area contributed by atoms with Crippen LogP contribution in [0.4, 0.5) is 0 Å². The summed E-state index contributed by atoms with van der Waals surface area (Å²) in [6.07, 6.45) is -4.14. The number of hydrogen-bond acceptors (Lipinski definition) is 7. The van der Waals surface area contributed by atoms with Crippen molar-refractivity contribution in [1.29, 1.82) is 0 Å². The van der Waals surface area contributed by atoms with E-state index in [4.69, 9.17) is 29.8 Å².